The molecule has 2 aliphatic rings. The van der Waals surface area contributed by atoms with Crippen molar-refractivity contribution in [3.05, 3.63) is 89.6 Å². The molecule has 0 radical (unpaired) electrons. The number of carbonyl (C=O) groups is 2. The Morgan fingerprint density at radius 2 is 1.63 bits per heavy atom. The first kappa shape index (κ1) is 26.6. The van der Waals surface area contributed by atoms with Gasteiger partial charge in [0.25, 0.3) is 5.91 Å². The molecule has 1 atom stereocenters. The molecule has 1 unspecified atom stereocenters. The fourth-order valence-electron chi connectivity index (χ4n) is 5.83. The van der Waals surface area contributed by atoms with Crippen LogP contribution < -0.4 is 14.8 Å². The third kappa shape index (κ3) is 5.15. The van der Waals surface area contributed by atoms with Gasteiger partial charge in [0.1, 0.15) is 23.2 Å². The fourth-order valence-corrected chi connectivity index (χ4v) is 5.83. The largest absolute Gasteiger partial charge is 0.497 e. The van der Waals surface area contributed by atoms with Crippen LogP contribution in [0.5, 0.6) is 11.5 Å². The normalized spacial score (nSPS) is 16.9. The average Bonchev–Trinajstić information content (AvgIpc) is 3.43. The first-order valence-corrected chi connectivity index (χ1v) is 14.0. The Hall–Kier alpha value is -4.66. The number of aromatic nitrogens is 3. The van der Waals surface area contributed by atoms with E-state index in [1.54, 1.807) is 23.8 Å². The van der Waals surface area contributed by atoms with E-state index in [2.05, 4.69) is 15.6 Å². The summed E-state index contributed by atoms with van der Waals surface area (Å²) in [7, 11) is 3.20. The molecule has 41 heavy (non-hydrogen) atoms. The van der Waals surface area contributed by atoms with Crippen LogP contribution in [0.2, 0.25) is 0 Å². The Bertz CT molecular complexity index is 1540. The highest BCUT2D eigenvalue weighted by Crippen LogP contribution is 2.38. The third-order valence-electron chi connectivity index (χ3n) is 7.96. The minimum atomic E-state index is -0.915. The smallest absolute Gasteiger partial charge is 0.276 e. The highest BCUT2D eigenvalue weighted by atomic mass is 16.5. The molecule has 4 aromatic rings. The van der Waals surface area contributed by atoms with Gasteiger partial charge in [-0.15, -0.1) is 5.10 Å². The molecular weight excluding hydrogens is 518 g/mol. The average molecular weight is 552 g/mol. The van der Waals surface area contributed by atoms with Crippen molar-refractivity contribution < 1.29 is 19.1 Å². The highest BCUT2D eigenvalue weighted by molar-refractivity contribution is 6.02. The second-order valence-electron chi connectivity index (χ2n) is 10.5. The first-order valence-electron chi connectivity index (χ1n) is 14.0. The Morgan fingerprint density at radius 1 is 0.927 bits per heavy atom. The number of rotatable bonds is 7. The molecule has 1 saturated carbocycles. The first-order chi connectivity index (χ1) is 20.1. The molecule has 1 aromatic heterocycles. The Balaban J connectivity index is 1.52. The summed E-state index contributed by atoms with van der Waals surface area (Å²) in [5.74, 6) is 0.756. The molecule has 1 fully saturated rings. The Labute approximate surface area is 239 Å². The van der Waals surface area contributed by atoms with Gasteiger partial charge in [0.05, 0.1) is 19.9 Å². The quantitative estimate of drug-likeness (QED) is 0.343. The lowest BCUT2D eigenvalue weighted by Crippen LogP contribution is -2.46. The van der Waals surface area contributed by atoms with E-state index >= 15 is 0 Å². The van der Waals surface area contributed by atoms with Crippen molar-refractivity contribution in [3.63, 3.8) is 0 Å². The zero-order valence-corrected chi connectivity index (χ0v) is 23.2. The summed E-state index contributed by atoms with van der Waals surface area (Å²) >= 11 is 0. The molecule has 0 bridgehead atoms. The van der Waals surface area contributed by atoms with Gasteiger partial charge in [-0.1, -0.05) is 66.9 Å². The monoisotopic (exact) mass is 551 g/mol. The van der Waals surface area contributed by atoms with Crippen molar-refractivity contribution in [1.29, 1.82) is 0 Å². The molecule has 3 aromatic carbocycles. The number of methoxy groups -OCH3 is 2. The summed E-state index contributed by atoms with van der Waals surface area (Å²) < 4.78 is 12.5. The van der Waals surface area contributed by atoms with Gasteiger partial charge in [-0.25, -0.2) is 4.68 Å². The summed E-state index contributed by atoms with van der Waals surface area (Å²) in [6, 6.07) is 21.7. The third-order valence-corrected chi connectivity index (χ3v) is 7.96. The standard InChI is InChI=1S/C32H33N5O4/c1-40-24-15-13-21(14-16-24)20-36-29(31(38)33-23-11-7-4-8-12-23)26-19-25(41-2)17-18-27(26)37-30(32(36)39)28(34-35-37)22-9-5-3-6-10-22/h3,5-6,9-10,13-19,23,29H,4,7-8,11-12,20H2,1-2H3,(H,33,38). The SMILES string of the molecule is COc1ccc(CN2C(=O)c3c(-c4ccccc4)nnn3-c3ccc(OC)cc3C2C(=O)NC2CCCCC2)cc1. The van der Waals surface area contributed by atoms with E-state index in [4.69, 9.17) is 9.47 Å². The van der Waals surface area contributed by atoms with Gasteiger partial charge < -0.3 is 19.7 Å². The Kier molecular flexibility index (Phi) is 7.41. The fraction of sp³-hybridized carbons (Fsp3) is 0.312. The number of nitrogens with zero attached hydrogens (tertiary/aromatic N) is 4. The summed E-state index contributed by atoms with van der Waals surface area (Å²) in [5.41, 5.74) is 3.65. The van der Waals surface area contributed by atoms with Gasteiger partial charge in [-0.2, -0.15) is 0 Å². The zero-order chi connectivity index (χ0) is 28.3. The number of hydrogen-bond donors (Lipinski definition) is 1. The van der Waals surface area contributed by atoms with Crippen LogP contribution in [-0.4, -0.2) is 52.0 Å². The molecule has 1 aliphatic carbocycles. The van der Waals surface area contributed by atoms with Gasteiger partial charge in [0, 0.05) is 23.7 Å². The summed E-state index contributed by atoms with van der Waals surface area (Å²) in [5, 5.41) is 12.2. The van der Waals surface area contributed by atoms with Gasteiger partial charge in [-0.3, -0.25) is 9.59 Å². The van der Waals surface area contributed by atoms with Gasteiger partial charge >= 0.3 is 0 Å². The Morgan fingerprint density at radius 3 is 2.34 bits per heavy atom. The lowest BCUT2D eigenvalue weighted by molar-refractivity contribution is -0.127. The summed E-state index contributed by atoms with van der Waals surface area (Å²) in [4.78, 5) is 30.5. The maximum absolute atomic E-state index is 14.6. The van der Waals surface area contributed by atoms with Crippen LogP contribution in [-0.2, 0) is 11.3 Å². The lowest BCUT2D eigenvalue weighted by Gasteiger charge is -2.32. The maximum Gasteiger partial charge on any atom is 0.276 e. The molecule has 210 valence electrons. The van der Waals surface area contributed by atoms with Crippen LogP contribution >= 0.6 is 0 Å². The molecule has 9 nitrogen and oxygen atoms in total. The van der Waals surface area contributed by atoms with E-state index < -0.39 is 6.04 Å². The van der Waals surface area contributed by atoms with Crippen LogP contribution in [0.4, 0.5) is 0 Å². The number of carbonyl (C=O) groups excluding carboxylic acids is 2. The lowest BCUT2D eigenvalue weighted by atomic mass is 9.94. The second-order valence-corrected chi connectivity index (χ2v) is 10.5. The molecule has 1 aliphatic heterocycles. The van der Waals surface area contributed by atoms with Crippen molar-refractivity contribution in [2.45, 2.75) is 50.7 Å². The molecular formula is C32H33N5O4. The van der Waals surface area contributed by atoms with E-state index in [0.717, 1.165) is 36.8 Å². The maximum atomic E-state index is 14.6. The highest BCUT2D eigenvalue weighted by Gasteiger charge is 2.41. The summed E-state index contributed by atoms with van der Waals surface area (Å²) in [6.07, 6.45) is 5.19. The van der Waals surface area contributed by atoms with E-state index in [-0.39, 0.29) is 24.4 Å². The molecule has 2 heterocycles. The van der Waals surface area contributed by atoms with E-state index in [0.29, 0.717) is 34.1 Å². The van der Waals surface area contributed by atoms with Gasteiger partial charge in [0.2, 0.25) is 5.91 Å². The van der Waals surface area contributed by atoms with Crippen molar-refractivity contribution in [3.8, 4) is 28.4 Å². The number of amides is 2. The van der Waals surface area contributed by atoms with Crippen molar-refractivity contribution in [2.75, 3.05) is 14.2 Å². The van der Waals surface area contributed by atoms with Crippen LogP contribution in [0.3, 0.4) is 0 Å². The number of nitrogens with one attached hydrogen (secondary N) is 1. The van der Waals surface area contributed by atoms with Crippen LogP contribution in [0.1, 0.15) is 59.8 Å². The number of hydrogen-bond acceptors (Lipinski definition) is 6. The minimum absolute atomic E-state index is 0.0742. The van der Waals surface area contributed by atoms with Crippen LogP contribution in [0, 0.1) is 0 Å². The number of benzene rings is 3. The van der Waals surface area contributed by atoms with E-state index in [9.17, 15) is 9.59 Å². The van der Waals surface area contributed by atoms with Gasteiger partial charge in [-0.05, 0) is 48.7 Å². The zero-order valence-electron chi connectivity index (χ0n) is 23.2. The van der Waals surface area contributed by atoms with Crippen LogP contribution in [0.15, 0.2) is 72.8 Å². The van der Waals surface area contributed by atoms with E-state index in [1.165, 1.54) is 6.42 Å². The second kappa shape index (κ2) is 11.4. The molecule has 1 N–H and O–H groups in total. The predicted octanol–water partition coefficient (Wildman–Crippen LogP) is 5.10. The number of ether oxygens (including phenoxy) is 2. The molecule has 2 amide bonds. The van der Waals surface area contributed by atoms with Crippen LogP contribution in [0.25, 0.3) is 16.9 Å². The predicted molar refractivity (Wildman–Crippen MR) is 154 cm³/mol. The minimum Gasteiger partial charge on any atom is -0.497 e. The molecule has 0 saturated heterocycles. The number of fused-ring (bicyclic) bond motifs is 3. The molecule has 6 rings (SSSR count). The van der Waals surface area contributed by atoms with Crippen molar-refractivity contribution in [2.24, 2.45) is 0 Å². The molecule has 0 spiro atoms. The van der Waals surface area contributed by atoms with E-state index in [1.807, 2.05) is 72.8 Å². The van der Waals surface area contributed by atoms with Crippen molar-refractivity contribution >= 4 is 11.8 Å². The van der Waals surface area contributed by atoms with Crippen molar-refractivity contribution in [1.82, 2.24) is 25.2 Å². The topological polar surface area (TPSA) is 98.6 Å². The summed E-state index contributed by atoms with van der Waals surface area (Å²) in [6.45, 7) is 0.196. The molecule has 9 heteroatoms. The van der Waals surface area contributed by atoms with Gasteiger partial charge in [0.15, 0.2) is 5.69 Å².